The zero-order chi connectivity index (χ0) is 25.7. The highest BCUT2D eigenvalue weighted by atomic mass is 32.2. The van der Waals surface area contributed by atoms with Gasteiger partial charge in [0.25, 0.3) is 22.7 Å². The number of amides is 3. The first-order chi connectivity index (χ1) is 17.3. The Balaban J connectivity index is 1.33. The van der Waals surface area contributed by atoms with Crippen LogP contribution < -0.4 is 10.1 Å². The van der Waals surface area contributed by atoms with Crippen molar-refractivity contribution in [2.45, 2.75) is 13.5 Å². The van der Waals surface area contributed by atoms with Crippen LogP contribution in [0.25, 0.3) is 6.08 Å². The highest BCUT2D eigenvalue weighted by Gasteiger charge is 2.35. The largest absolute Gasteiger partial charge is 0.484 e. The molecule has 36 heavy (non-hydrogen) atoms. The summed E-state index contributed by atoms with van der Waals surface area (Å²) in [6.45, 7) is 1.83. The number of nitro groups is 1. The van der Waals surface area contributed by atoms with Crippen LogP contribution in [-0.4, -0.2) is 33.5 Å². The number of anilines is 1. The van der Waals surface area contributed by atoms with Crippen LogP contribution in [0.2, 0.25) is 0 Å². The van der Waals surface area contributed by atoms with Crippen LogP contribution >= 0.6 is 11.8 Å². The molecule has 1 saturated heterocycles. The van der Waals surface area contributed by atoms with Crippen LogP contribution in [0.3, 0.4) is 0 Å². The predicted octanol–water partition coefficient (Wildman–Crippen LogP) is 5.16. The molecular weight excluding hydrogens is 482 g/mol. The van der Waals surface area contributed by atoms with Crippen LogP contribution in [-0.2, 0) is 16.1 Å². The number of hydrogen-bond acceptors (Lipinski definition) is 7. The number of carbonyl (C=O) groups is 3. The molecule has 0 unspecified atom stereocenters. The summed E-state index contributed by atoms with van der Waals surface area (Å²) < 4.78 is 5.52. The zero-order valence-corrected chi connectivity index (χ0v) is 20.0. The number of nitrogens with one attached hydrogen (secondary N) is 1. The number of nitrogens with zero attached hydrogens (tertiary/aromatic N) is 2. The molecule has 0 spiro atoms. The lowest BCUT2D eigenvalue weighted by molar-refractivity contribution is -0.384. The normalized spacial score (nSPS) is 14.2. The first-order valence-electron chi connectivity index (χ1n) is 10.9. The molecule has 182 valence electrons. The van der Waals surface area contributed by atoms with Crippen molar-refractivity contribution in [3.8, 4) is 5.75 Å². The highest BCUT2D eigenvalue weighted by Crippen LogP contribution is 2.33. The summed E-state index contributed by atoms with van der Waals surface area (Å²) in [7, 11) is 0. The maximum atomic E-state index is 12.8. The Morgan fingerprint density at radius 1 is 1.03 bits per heavy atom. The average molecular weight is 504 g/mol. The molecular formula is C26H21N3O6S. The van der Waals surface area contributed by atoms with Gasteiger partial charge in [0.05, 0.1) is 16.4 Å². The quantitative estimate of drug-likeness (QED) is 0.256. The third-order valence-electron chi connectivity index (χ3n) is 5.24. The van der Waals surface area contributed by atoms with Crippen molar-refractivity contribution in [1.29, 1.82) is 0 Å². The van der Waals surface area contributed by atoms with Crippen molar-refractivity contribution in [2.24, 2.45) is 0 Å². The van der Waals surface area contributed by atoms with E-state index < -0.39 is 16.1 Å². The zero-order valence-electron chi connectivity index (χ0n) is 19.2. The molecule has 0 saturated carbocycles. The van der Waals surface area contributed by atoms with Crippen molar-refractivity contribution in [1.82, 2.24) is 4.90 Å². The van der Waals surface area contributed by atoms with Crippen molar-refractivity contribution >= 4 is 46.3 Å². The number of carbonyl (C=O) groups excluding carboxylic acids is 3. The molecule has 0 aromatic heterocycles. The Bertz CT molecular complexity index is 1340. The van der Waals surface area contributed by atoms with Crippen molar-refractivity contribution in [2.75, 3.05) is 11.9 Å². The second kappa shape index (κ2) is 10.9. The van der Waals surface area contributed by atoms with E-state index in [9.17, 15) is 24.5 Å². The Kier molecular flexibility index (Phi) is 7.45. The van der Waals surface area contributed by atoms with E-state index in [4.69, 9.17) is 4.74 Å². The second-order valence-corrected chi connectivity index (χ2v) is 8.96. The number of benzene rings is 3. The lowest BCUT2D eigenvalue weighted by Crippen LogP contribution is -2.27. The van der Waals surface area contributed by atoms with E-state index in [-0.39, 0.29) is 29.7 Å². The minimum atomic E-state index is -0.511. The van der Waals surface area contributed by atoms with Crippen LogP contribution in [0.15, 0.2) is 77.7 Å². The number of non-ortho nitro benzene ring substituents is 1. The first kappa shape index (κ1) is 24.7. The monoisotopic (exact) mass is 503 g/mol. The molecule has 1 heterocycles. The summed E-state index contributed by atoms with van der Waals surface area (Å²) in [5, 5.41) is 13.1. The van der Waals surface area contributed by atoms with E-state index in [1.807, 2.05) is 31.2 Å². The molecule has 1 aliphatic heterocycles. The Morgan fingerprint density at radius 3 is 2.33 bits per heavy atom. The molecule has 0 atom stereocenters. The number of thioether (sulfide) groups is 1. The Hall–Kier alpha value is -4.44. The molecule has 3 amide bonds. The molecule has 1 fully saturated rings. The van der Waals surface area contributed by atoms with Gasteiger partial charge in [-0.2, -0.15) is 0 Å². The maximum Gasteiger partial charge on any atom is 0.293 e. The number of nitro benzene ring substituents is 1. The van der Waals surface area contributed by atoms with Gasteiger partial charge >= 0.3 is 0 Å². The van der Waals surface area contributed by atoms with Crippen LogP contribution in [0.1, 0.15) is 16.7 Å². The van der Waals surface area contributed by atoms with Gasteiger partial charge in [0.1, 0.15) is 5.75 Å². The summed E-state index contributed by atoms with van der Waals surface area (Å²) in [6.07, 6.45) is 1.61. The van der Waals surface area contributed by atoms with Crippen LogP contribution in [0.4, 0.5) is 16.2 Å². The maximum absolute atomic E-state index is 12.8. The van der Waals surface area contributed by atoms with Gasteiger partial charge in [-0.15, -0.1) is 0 Å². The molecule has 1 aliphatic rings. The fraction of sp³-hybridized carbons (Fsp3) is 0.115. The van der Waals surface area contributed by atoms with E-state index >= 15 is 0 Å². The van der Waals surface area contributed by atoms with Crippen molar-refractivity contribution in [3.63, 3.8) is 0 Å². The third-order valence-corrected chi connectivity index (χ3v) is 6.15. The minimum Gasteiger partial charge on any atom is -0.484 e. The molecule has 9 nitrogen and oxygen atoms in total. The summed E-state index contributed by atoms with van der Waals surface area (Å²) >= 11 is 0.830. The fourth-order valence-corrected chi connectivity index (χ4v) is 4.17. The molecule has 1 N–H and O–H groups in total. The molecule has 0 radical (unpaired) electrons. The SMILES string of the molecule is Cc1ccc(NC(=O)COc2ccc(/C=C3/SC(=O)N(Cc4ccc([N+](=O)[O-])cc4)C3=O)cc2)cc1. The number of rotatable bonds is 8. The summed E-state index contributed by atoms with van der Waals surface area (Å²) in [6, 6.07) is 19.9. The van der Waals surface area contributed by atoms with Crippen molar-refractivity contribution < 1.29 is 24.0 Å². The van der Waals surface area contributed by atoms with Gasteiger partial charge in [0.15, 0.2) is 6.61 Å². The van der Waals surface area contributed by atoms with Crippen molar-refractivity contribution in [3.05, 3.63) is 105 Å². The van der Waals surface area contributed by atoms with Crippen LogP contribution in [0, 0.1) is 17.0 Å². The molecule has 0 bridgehead atoms. The minimum absolute atomic E-state index is 0.0252. The van der Waals surface area contributed by atoms with E-state index in [1.54, 1.807) is 30.3 Å². The summed E-state index contributed by atoms with van der Waals surface area (Å²) in [5.41, 5.74) is 3.02. The molecule has 0 aliphatic carbocycles. The van der Waals surface area contributed by atoms with E-state index in [0.29, 0.717) is 22.6 Å². The molecule has 4 rings (SSSR count). The number of ether oxygens (including phenoxy) is 1. The first-order valence-corrected chi connectivity index (χ1v) is 11.7. The standard InChI is InChI=1S/C26H21N3O6S/c1-17-2-8-20(9-3-17)27-24(30)16-35-22-12-6-18(7-13-22)14-23-25(31)28(26(32)36-23)15-19-4-10-21(11-5-19)29(33)34/h2-14H,15-16H2,1H3,(H,27,30)/b23-14+. The summed E-state index contributed by atoms with van der Waals surface area (Å²) in [4.78, 5) is 48.9. The van der Waals surface area contributed by atoms with Crippen LogP contribution in [0.5, 0.6) is 5.75 Å². The third kappa shape index (κ3) is 6.16. The van der Waals surface area contributed by atoms with Gasteiger partial charge in [0, 0.05) is 17.8 Å². The number of aryl methyl sites for hydroxylation is 1. The summed E-state index contributed by atoms with van der Waals surface area (Å²) in [5.74, 6) is -0.237. The smallest absolute Gasteiger partial charge is 0.293 e. The van der Waals surface area contributed by atoms with Gasteiger partial charge in [0.2, 0.25) is 0 Å². The molecule has 3 aromatic rings. The number of imide groups is 1. The lowest BCUT2D eigenvalue weighted by atomic mass is 10.2. The van der Waals surface area contributed by atoms with Gasteiger partial charge in [-0.1, -0.05) is 42.0 Å². The molecule has 10 heteroatoms. The van der Waals surface area contributed by atoms with Gasteiger partial charge < -0.3 is 10.1 Å². The predicted molar refractivity (Wildman–Crippen MR) is 136 cm³/mol. The van der Waals surface area contributed by atoms with Gasteiger partial charge in [-0.3, -0.25) is 29.4 Å². The Labute approximate surface area is 210 Å². The van der Waals surface area contributed by atoms with Gasteiger partial charge in [-0.25, -0.2) is 0 Å². The average Bonchev–Trinajstić information content (AvgIpc) is 3.12. The highest BCUT2D eigenvalue weighted by molar-refractivity contribution is 8.18. The molecule has 3 aromatic carbocycles. The fourth-order valence-electron chi connectivity index (χ4n) is 3.34. The van der Waals surface area contributed by atoms with E-state index in [1.165, 1.54) is 24.3 Å². The number of hydrogen-bond donors (Lipinski definition) is 1. The second-order valence-electron chi connectivity index (χ2n) is 7.96. The topological polar surface area (TPSA) is 119 Å². The van der Waals surface area contributed by atoms with E-state index in [0.717, 1.165) is 22.2 Å². The lowest BCUT2D eigenvalue weighted by Gasteiger charge is -2.12. The van der Waals surface area contributed by atoms with E-state index in [2.05, 4.69) is 5.32 Å². The van der Waals surface area contributed by atoms with Gasteiger partial charge in [-0.05, 0) is 60.2 Å². The Morgan fingerprint density at radius 2 is 1.69 bits per heavy atom.